The molecule has 0 bridgehead atoms. The topological polar surface area (TPSA) is 50.4 Å². The monoisotopic (exact) mass is 244 g/mol. The van der Waals surface area contributed by atoms with Gasteiger partial charge in [0.15, 0.2) is 0 Å². The maximum absolute atomic E-state index is 11.7. The van der Waals surface area contributed by atoms with Gasteiger partial charge in [0.2, 0.25) is 0 Å². The molecule has 0 fully saturated rings. The van der Waals surface area contributed by atoms with Crippen LogP contribution in [0.5, 0.6) is 0 Å². The molecule has 0 spiro atoms. The molecule has 1 aliphatic heterocycles. The quantitative estimate of drug-likeness (QED) is 0.774. The third-order valence-electron chi connectivity index (χ3n) is 2.72. The van der Waals surface area contributed by atoms with Crippen molar-refractivity contribution in [2.75, 3.05) is 6.54 Å². The van der Waals surface area contributed by atoms with E-state index < -0.39 is 0 Å². The zero-order valence-electron chi connectivity index (χ0n) is 10.1. The third kappa shape index (κ3) is 3.21. The molecule has 0 amide bonds. The van der Waals surface area contributed by atoms with E-state index in [9.17, 15) is 4.79 Å². The van der Waals surface area contributed by atoms with Crippen LogP contribution in [0.2, 0.25) is 0 Å². The number of rotatable bonds is 5. The summed E-state index contributed by atoms with van der Waals surface area (Å²) in [5.74, 6) is -0.246. The molecule has 1 aromatic carbocycles. The maximum Gasteiger partial charge on any atom is 0.312 e. The zero-order chi connectivity index (χ0) is 12.8. The first-order valence-corrected chi connectivity index (χ1v) is 5.82. The fourth-order valence-electron chi connectivity index (χ4n) is 1.72. The molecule has 0 saturated heterocycles. The first kappa shape index (κ1) is 12.4. The van der Waals surface area contributed by atoms with Crippen molar-refractivity contribution in [1.29, 1.82) is 0 Å². The molecule has 0 aliphatic carbocycles. The van der Waals surface area contributed by atoms with Gasteiger partial charge in [-0.2, -0.15) is 0 Å². The van der Waals surface area contributed by atoms with E-state index in [-0.39, 0.29) is 12.4 Å². The minimum Gasteiger partial charge on any atom is -0.461 e. The van der Waals surface area contributed by atoms with Gasteiger partial charge in [-0.25, -0.2) is 5.43 Å². The van der Waals surface area contributed by atoms with Crippen LogP contribution < -0.4 is 10.9 Å². The van der Waals surface area contributed by atoms with E-state index in [0.29, 0.717) is 13.2 Å². The number of hydrogen-bond acceptors (Lipinski definition) is 4. The van der Waals surface area contributed by atoms with Crippen molar-refractivity contribution in [3.63, 3.8) is 0 Å². The highest BCUT2D eigenvalue weighted by molar-refractivity contribution is 5.73. The second kappa shape index (κ2) is 6.02. The van der Waals surface area contributed by atoms with Crippen LogP contribution in [-0.2, 0) is 16.1 Å². The highest BCUT2D eigenvalue weighted by Crippen LogP contribution is 2.12. The molecule has 1 heterocycles. The standard InChI is InChI=1S/C14H16N2O2/c1-2-12-9-15-16-13(12)8-14(17)18-10-11-6-4-3-5-7-11/h2-7,15-16H,1,8-10H2. The lowest BCUT2D eigenvalue weighted by atomic mass is 10.2. The summed E-state index contributed by atoms with van der Waals surface area (Å²) < 4.78 is 5.21. The van der Waals surface area contributed by atoms with Crippen molar-refractivity contribution < 1.29 is 9.53 Å². The average Bonchev–Trinajstić information content (AvgIpc) is 2.85. The van der Waals surface area contributed by atoms with Gasteiger partial charge in [-0.05, 0) is 11.1 Å². The van der Waals surface area contributed by atoms with Crippen LogP contribution in [0, 0.1) is 0 Å². The predicted octanol–water partition coefficient (Wildman–Crippen LogP) is 1.67. The van der Waals surface area contributed by atoms with Crippen LogP contribution in [0.1, 0.15) is 12.0 Å². The number of nitrogens with one attached hydrogen (secondary N) is 2. The van der Waals surface area contributed by atoms with E-state index in [0.717, 1.165) is 16.8 Å². The van der Waals surface area contributed by atoms with E-state index in [4.69, 9.17) is 4.74 Å². The van der Waals surface area contributed by atoms with Gasteiger partial charge >= 0.3 is 5.97 Å². The summed E-state index contributed by atoms with van der Waals surface area (Å²) in [5.41, 5.74) is 8.72. The Morgan fingerprint density at radius 1 is 1.39 bits per heavy atom. The van der Waals surface area contributed by atoms with Gasteiger partial charge < -0.3 is 10.2 Å². The summed E-state index contributed by atoms with van der Waals surface area (Å²) in [7, 11) is 0. The summed E-state index contributed by atoms with van der Waals surface area (Å²) in [5, 5.41) is 0. The smallest absolute Gasteiger partial charge is 0.312 e. The Hall–Kier alpha value is -2.07. The molecule has 0 atom stereocenters. The van der Waals surface area contributed by atoms with Crippen molar-refractivity contribution in [1.82, 2.24) is 10.9 Å². The van der Waals surface area contributed by atoms with E-state index in [1.807, 2.05) is 30.3 Å². The number of carbonyl (C=O) groups excluding carboxylic acids is 1. The Bertz CT molecular complexity index is 466. The van der Waals surface area contributed by atoms with Crippen LogP contribution in [0.25, 0.3) is 0 Å². The predicted molar refractivity (Wildman–Crippen MR) is 69.2 cm³/mol. The summed E-state index contributed by atoms with van der Waals surface area (Å²) in [6.07, 6.45) is 1.98. The Morgan fingerprint density at radius 3 is 2.89 bits per heavy atom. The molecule has 18 heavy (non-hydrogen) atoms. The number of hydrogen-bond donors (Lipinski definition) is 2. The van der Waals surface area contributed by atoms with Gasteiger partial charge in [0.1, 0.15) is 6.61 Å². The van der Waals surface area contributed by atoms with E-state index in [1.165, 1.54) is 0 Å². The Kier molecular flexibility index (Phi) is 4.15. The molecule has 4 heteroatoms. The molecule has 0 aromatic heterocycles. The lowest BCUT2D eigenvalue weighted by Gasteiger charge is -2.06. The van der Waals surface area contributed by atoms with Crippen LogP contribution in [-0.4, -0.2) is 12.5 Å². The molecule has 1 aliphatic rings. The first-order valence-electron chi connectivity index (χ1n) is 5.82. The lowest BCUT2D eigenvalue weighted by Crippen LogP contribution is -2.25. The third-order valence-corrected chi connectivity index (χ3v) is 2.72. The van der Waals surface area contributed by atoms with E-state index >= 15 is 0 Å². The summed E-state index contributed by atoms with van der Waals surface area (Å²) in [6.45, 7) is 4.70. The molecular formula is C14H16N2O2. The SMILES string of the molecule is C=CC1=C(CC(=O)OCc2ccccc2)NNC1. The molecule has 0 unspecified atom stereocenters. The highest BCUT2D eigenvalue weighted by atomic mass is 16.5. The van der Waals surface area contributed by atoms with Gasteiger partial charge in [-0.1, -0.05) is 43.0 Å². The molecule has 0 saturated carbocycles. The summed E-state index contributed by atoms with van der Waals surface area (Å²) in [4.78, 5) is 11.7. The average molecular weight is 244 g/mol. The van der Waals surface area contributed by atoms with Gasteiger partial charge in [0.05, 0.1) is 6.42 Å². The van der Waals surface area contributed by atoms with Crippen molar-refractivity contribution >= 4 is 5.97 Å². The molecule has 0 radical (unpaired) electrons. The molecule has 2 rings (SSSR count). The Balaban J connectivity index is 1.84. The van der Waals surface area contributed by atoms with Crippen LogP contribution in [0.3, 0.4) is 0 Å². The van der Waals surface area contributed by atoms with Gasteiger partial charge in [0, 0.05) is 12.2 Å². The van der Waals surface area contributed by atoms with Gasteiger partial charge in [0.25, 0.3) is 0 Å². The fourth-order valence-corrected chi connectivity index (χ4v) is 1.72. The van der Waals surface area contributed by atoms with Crippen molar-refractivity contribution in [3.05, 3.63) is 59.8 Å². The van der Waals surface area contributed by atoms with E-state index in [1.54, 1.807) is 6.08 Å². The molecule has 94 valence electrons. The normalized spacial score (nSPS) is 14.2. The minimum absolute atomic E-state index is 0.237. The van der Waals surface area contributed by atoms with Crippen molar-refractivity contribution in [2.45, 2.75) is 13.0 Å². The van der Waals surface area contributed by atoms with Crippen molar-refractivity contribution in [3.8, 4) is 0 Å². The first-order chi connectivity index (χ1) is 8.79. The number of hydrazine groups is 1. The fraction of sp³-hybridized carbons (Fsp3) is 0.214. The maximum atomic E-state index is 11.7. The second-order valence-corrected chi connectivity index (χ2v) is 4.01. The molecule has 2 N–H and O–H groups in total. The second-order valence-electron chi connectivity index (χ2n) is 4.01. The molecule has 1 aromatic rings. The summed E-state index contributed by atoms with van der Waals surface area (Å²) >= 11 is 0. The Labute approximate surface area is 106 Å². The highest BCUT2D eigenvalue weighted by Gasteiger charge is 2.15. The summed E-state index contributed by atoms with van der Waals surface area (Å²) in [6, 6.07) is 9.63. The van der Waals surface area contributed by atoms with Gasteiger partial charge in [-0.15, -0.1) is 0 Å². The molecular weight excluding hydrogens is 228 g/mol. The van der Waals surface area contributed by atoms with Crippen LogP contribution in [0.4, 0.5) is 0 Å². The van der Waals surface area contributed by atoms with Crippen LogP contribution >= 0.6 is 0 Å². The van der Waals surface area contributed by atoms with Crippen LogP contribution in [0.15, 0.2) is 54.3 Å². The number of benzene rings is 1. The zero-order valence-corrected chi connectivity index (χ0v) is 10.1. The van der Waals surface area contributed by atoms with Gasteiger partial charge in [-0.3, -0.25) is 4.79 Å². The van der Waals surface area contributed by atoms with E-state index in [2.05, 4.69) is 17.4 Å². The number of esters is 1. The number of carbonyl (C=O) groups is 1. The lowest BCUT2D eigenvalue weighted by molar-refractivity contribution is -0.144. The minimum atomic E-state index is -0.246. The molecule has 4 nitrogen and oxygen atoms in total. The number of ether oxygens (including phenoxy) is 1. The largest absolute Gasteiger partial charge is 0.461 e. The van der Waals surface area contributed by atoms with Crippen molar-refractivity contribution in [2.24, 2.45) is 0 Å². The Morgan fingerprint density at radius 2 is 2.17 bits per heavy atom.